The van der Waals surface area contributed by atoms with Crippen molar-refractivity contribution >= 4 is 22.7 Å². The molecule has 1 saturated heterocycles. The molecule has 138 valence electrons. The summed E-state index contributed by atoms with van der Waals surface area (Å²) >= 11 is 0. The molecule has 27 heavy (non-hydrogen) atoms. The Hall–Kier alpha value is -3.15. The summed E-state index contributed by atoms with van der Waals surface area (Å²) in [6, 6.07) is 13.0. The Bertz CT molecular complexity index is 973. The number of benzene rings is 2. The minimum atomic E-state index is -0.169. The van der Waals surface area contributed by atoms with Crippen LogP contribution in [0.5, 0.6) is 0 Å². The van der Waals surface area contributed by atoms with E-state index in [1.54, 1.807) is 12.3 Å². The highest BCUT2D eigenvalue weighted by atomic mass is 16.2. The first kappa shape index (κ1) is 17.3. The Labute approximate surface area is 157 Å². The van der Waals surface area contributed by atoms with Gasteiger partial charge in [0, 0.05) is 30.6 Å². The number of likely N-dealkylation sites (tertiary alicyclic amines) is 1. The molecule has 0 unspecified atom stereocenters. The van der Waals surface area contributed by atoms with Crippen molar-refractivity contribution in [2.75, 3.05) is 13.1 Å². The summed E-state index contributed by atoms with van der Waals surface area (Å²) in [5, 5.41) is 10.7. The largest absolute Gasteiger partial charge is 0.348 e. The third-order valence-electron chi connectivity index (χ3n) is 4.99. The monoisotopic (exact) mass is 362 g/mol. The lowest BCUT2D eigenvalue weighted by Gasteiger charge is -2.26. The maximum atomic E-state index is 12.7. The number of aromatic amines is 1. The number of hydrogen-bond acceptors (Lipinski definition) is 3. The van der Waals surface area contributed by atoms with Gasteiger partial charge in [-0.05, 0) is 43.0 Å². The van der Waals surface area contributed by atoms with Gasteiger partial charge in [0.1, 0.15) is 0 Å². The van der Waals surface area contributed by atoms with Gasteiger partial charge in [-0.25, -0.2) is 0 Å². The lowest BCUT2D eigenvalue weighted by molar-refractivity contribution is 0.0724. The first-order valence-electron chi connectivity index (χ1n) is 9.31. The summed E-state index contributed by atoms with van der Waals surface area (Å²) < 4.78 is 0. The summed E-state index contributed by atoms with van der Waals surface area (Å²) in [5.74, 6) is -0.0947. The molecule has 0 atom stereocenters. The molecule has 1 fully saturated rings. The highest BCUT2D eigenvalue weighted by molar-refractivity contribution is 6.05. The van der Waals surface area contributed by atoms with Crippen LogP contribution in [-0.4, -0.2) is 40.0 Å². The van der Waals surface area contributed by atoms with Crippen molar-refractivity contribution in [1.29, 1.82) is 0 Å². The van der Waals surface area contributed by atoms with Crippen LogP contribution in [0.25, 0.3) is 10.9 Å². The van der Waals surface area contributed by atoms with Crippen molar-refractivity contribution in [1.82, 2.24) is 20.4 Å². The molecular formula is C21H22N4O2. The van der Waals surface area contributed by atoms with Crippen molar-refractivity contribution in [2.24, 2.45) is 0 Å². The van der Waals surface area contributed by atoms with Crippen LogP contribution in [0.2, 0.25) is 0 Å². The Morgan fingerprint density at radius 1 is 1.07 bits per heavy atom. The highest BCUT2D eigenvalue weighted by Crippen LogP contribution is 2.17. The topological polar surface area (TPSA) is 78.1 Å². The molecule has 2 heterocycles. The second-order valence-corrected chi connectivity index (χ2v) is 6.88. The highest BCUT2D eigenvalue weighted by Gasteiger charge is 2.18. The fraction of sp³-hybridized carbons (Fsp3) is 0.286. The van der Waals surface area contributed by atoms with Gasteiger partial charge in [-0.2, -0.15) is 5.10 Å². The predicted molar refractivity (Wildman–Crippen MR) is 103 cm³/mol. The molecule has 2 N–H and O–H groups in total. The van der Waals surface area contributed by atoms with Gasteiger partial charge >= 0.3 is 0 Å². The van der Waals surface area contributed by atoms with E-state index in [1.807, 2.05) is 41.3 Å². The number of fused-ring (bicyclic) bond motifs is 1. The van der Waals surface area contributed by atoms with Crippen LogP contribution in [0.3, 0.4) is 0 Å². The van der Waals surface area contributed by atoms with Crippen molar-refractivity contribution in [3.05, 3.63) is 65.4 Å². The average molecular weight is 362 g/mol. The van der Waals surface area contributed by atoms with Gasteiger partial charge < -0.3 is 10.2 Å². The smallest absolute Gasteiger partial charge is 0.253 e. The first-order valence-corrected chi connectivity index (χ1v) is 9.31. The Balaban J connectivity index is 1.44. The molecule has 6 heteroatoms. The van der Waals surface area contributed by atoms with E-state index in [1.165, 1.54) is 6.42 Å². The summed E-state index contributed by atoms with van der Waals surface area (Å²) in [6.45, 7) is 2.02. The fourth-order valence-corrected chi connectivity index (χ4v) is 3.53. The summed E-state index contributed by atoms with van der Waals surface area (Å²) in [4.78, 5) is 27.1. The molecule has 0 radical (unpaired) electrons. The van der Waals surface area contributed by atoms with E-state index < -0.39 is 0 Å². The molecule has 2 aromatic carbocycles. The van der Waals surface area contributed by atoms with Gasteiger partial charge in [0.15, 0.2) is 0 Å². The summed E-state index contributed by atoms with van der Waals surface area (Å²) in [6.07, 6.45) is 5.03. The first-order chi connectivity index (χ1) is 13.2. The van der Waals surface area contributed by atoms with Gasteiger partial charge in [0.25, 0.3) is 11.8 Å². The molecule has 0 aliphatic carbocycles. The van der Waals surface area contributed by atoms with Crippen LogP contribution < -0.4 is 5.32 Å². The second-order valence-electron chi connectivity index (χ2n) is 6.88. The zero-order valence-electron chi connectivity index (χ0n) is 15.1. The lowest BCUT2D eigenvalue weighted by Crippen LogP contribution is -2.35. The number of aromatic nitrogens is 2. The number of carbonyl (C=O) groups is 2. The third kappa shape index (κ3) is 3.69. The maximum absolute atomic E-state index is 12.7. The minimum absolute atomic E-state index is 0.0742. The van der Waals surface area contributed by atoms with Crippen molar-refractivity contribution < 1.29 is 9.59 Å². The van der Waals surface area contributed by atoms with Crippen molar-refractivity contribution in [2.45, 2.75) is 25.8 Å². The zero-order chi connectivity index (χ0) is 18.6. The number of carbonyl (C=O) groups excluding carboxylic acids is 2. The number of amides is 2. The number of hydrogen-bond donors (Lipinski definition) is 2. The van der Waals surface area contributed by atoms with E-state index in [0.717, 1.165) is 42.4 Å². The molecule has 3 aromatic rings. The molecule has 0 bridgehead atoms. The van der Waals surface area contributed by atoms with Crippen LogP contribution >= 0.6 is 0 Å². The third-order valence-corrected chi connectivity index (χ3v) is 4.99. The standard InChI is InChI=1S/C21H22N4O2/c26-20(18-9-5-8-17-14-23-24-19(17)18)22-13-15-6-4-7-16(12-15)21(27)25-10-2-1-3-11-25/h4-9,12,14H,1-3,10-11,13H2,(H,22,26)(H,23,24). The normalized spacial score (nSPS) is 14.3. The zero-order valence-corrected chi connectivity index (χ0v) is 15.1. The van der Waals surface area contributed by atoms with Crippen molar-refractivity contribution in [3.8, 4) is 0 Å². The molecule has 0 saturated carbocycles. The number of para-hydroxylation sites is 1. The maximum Gasteiger partial charge on any atom is 0.253 e. The van der Waals surface area contributed by atoms with Gasteiger partial charge in [-0.1, -0.05) is 24.3 Å². The Kier molecular flexibility index (Phi) is 4.87. The van der Waals surface area contributed by atoms with Gasteiger partial charge in [0.05, 0.1) is 17.3 Å². The van der Waals surface area contributed by atoms with Crippen LogP contribution in [-0.2, 0) is 6.54 Å². The van der Waals surface area contributed by atoms with E-state index in [-0.39, 0.29) is 11.8 Å². The predicted octanol–water partition coefficient (Wildman–Crippen LogP) is 3.12. The average Bonchev–Trinajstić information content (AvgIpc) is 3.21. The Morgan fingerprint density at radius 2 is 1.89 bits per heavy atom. The SMILES string of the molecule is O=C(NCc1cccc(C(=O)N2CCCCC2)c1)c1cccc2cn[nH]c12. The van der Waals surface area contributed by atoms with Gasteiger partial charge in [-0.3, -0.25) is 14.7 Å². The number of rotatable bonds is 4. The fourth-order valence-electron chi connectivity index (χ4n) is 3.53. The molecule has 2 amide bonds. The molecule has 1 aliphatic rings. The van der Waals surface area contributed by atoms with Gasteiger partial charge in [0.2, 0.25) is 0 Å². The number of piperidine rings is 1. The molecule has 1 aliphatic heterocycles. The molecule has 6 nitrogen and oxygen atoms in total. The van der Waals surface area contributed by atoms with E-state index in [9.17, 15) is 9.59 Å². The number of nitrogens with one attached hydrogen (secondary N) is 2. The van der Waals surface area contributed by atoms with Crippen LogP contribution in [0.1, 0.15) is 45.5 Å². The summed E-state index contributed by atoms with van der Waals surface area (Å²) in [7, 11) is 0. The quantitative estimate of drug-likeness (QED) is 0.748. The van der Waals surface area contributed by atoms with E-state index in [4.69, 9.17) is 0 Å². The number of nitrogens with zero attached hydrogens (tertiary/aromatic N) is 2. The van der Waals surface area contributed by atoms with Crippen LogP contribution in [0.4, 0.5) is 0 Å². The van der Waals surface area contributed by atoms with E-state index in [0.29, 0.717) is 17.7 Å². The minimum Gasteiger partial charge on any atom is -0.348 e. The molecule has 4 rings (SSSR count). The van der Waals surface area contributed by atoms with Crippen LogP contribution in [0, 0.1) is 0 Å². The van der Waals surface area contributed by atoms with Crippen LogP contribution in [0.15, 0.2) is 48.7 Å². The van der Waals surface area contributed by atoms with E-state index in [2.05, 4.69) is 15.5 Å². The number of H-pyrrole nitrogens is 1. The molecule has 1 aromatic heterocycles. The van der Waals surface area contributed by atoms with E-state index >= 15 is 0 Å². The Morgan fingerprint density at radius 3 is 2.74 bits per heavy atom. The molecular weight excluding hydrogens is 340 g/mol. The van der Waals surface area contributed by atoms with Crippen molar-refractivity contribution in [3.63, 3.8) is 0 Å². The van der Waals surface area contributed by atoms with Gasteiger partial charge in [-0.15, -0.1) is 0 Å². The summed E-state index contributed by atoms with van der Waals surface area (Å²) in [5.41, 5.74) is 2.87. The lowest BCUT2D eigenvalue weighted by atomic mass is 10.1. The second kappa shape index (κ2) is 7.61. The molecule has 0 spiro atoms.